The van der Waals surface area contributed by atoms with Crippen LogP contribution in [-0.2, 0) is 4.74 Å². The van der Waals surface area contributed by atoms with Crippen molar-refractivity contribution in [3.8, 4) is 5.69 Å². The fourth-order valence-electron chi connectivity index (χ4n) is 2.41. The average Bonchev–Trinajstić information content (AvgIpc) is 2.94. The Bertz CT molecular complexity index is 967. The number of nitrogens with zero attached hydrogens (tertiary/aromatic N) is 2. The maximum Gasteiger partial charge on any atom is 0.337 e. The van der Waals surface area contributed by atoms with Crippen LogP contribution < -0.4 is 5.56 Å². The van der Waals surface area contributed by atoms with E-state index in [1.807, 2.05) is 37.3 Å². The molecule has 0 aliphatic heterocycles. The summed E-state index contributed by atoms with van der Waals surface area (Å²) in [5.41, 5.74) is 2.89. The Balaban J connectivity index is 1.88. The van der Waals surface area contributed by atoms with Gasteiger partial charge in [0.15, 0.2) is 0 Å². The lowest BCUT2D eigenvalue weighted by Crippen LogP contribution is -2.17. The molecule has 25 heavy (non-hydrogen) atoms. The van der Waals surface area contributed by atoms with Crippen LogP contribution >= 0.6 is 0 Å². The number of rotatable bonds is 4. The van der Waals surface area contributed by atoms with Crippen molar-refractivity contribution in [3.63, 3.8) is 0 Å². The molecule has 126 valence electrons. The Morgan fingerprint density at radius 2 is 1.80 bits per heavy atom. The molecule has 0 unspecified atom stereocenters. The molecule has 0 aliphatic carbocycles. The molecule has 0 amide bonds. The lowest BCUT2D eigenvalue weighted by Gasteiger charge is -1.99. The van der Waals surface area contributed by atoms with E-state index >= 15 is 0 Å². The highest BCUT2D eigenvalue weighted by molar-refractivity contribution is 5.90. The molecule has 1 aromatic heterocycles. The van der Waals surface area contributed by atoms with Crippen molar-refractivity contribution in [2.75, 3.05) is 7.11 Å². The quantitative estimate of drug-likeness (QED) is 0.588. The van der Waals surface area contributed by atoms with Gasteiger partial charge >= 0.3 is 5.97 Å². The summed E-state index contributed by atoms with van der Waals surface area (Å²) in [7, 11) is 1.33. The van der Waals surface area contributed by atoms with Gasteiger partial charge in [-0.2, -0.15) is 0 Å². The van der Waals surface area contributed by atoms with Gasteiger partial charge in [-0.3, -0.25) is 14.9 Å². The van der Waals surface area contributed by atoms with E-state index in [0.717, 1.165) is 11.4 Å². The topological polar surface area (TPSA) is 76.4 Å². The minimum absolute atomic E-state index is 0.168. The molecule has 0 saturated carbocycles. The number of ether oxygens (including phenoxy) is 1. The van der Waals surface area contributed by atoms with E-state index in [0.29, 0.717) is 16.8 Å². The maximum absolute atomic E-state index is 12.6. The predicted molar refractivity (Wildman–Crippen MR) is 96.2 cm³/mol. The molecule has 0 bridgehead atoms. The van der Waals surface area contributed by atoms with Crippen molar-refractivity contribution in [1.29, 1.82) is 0 Å². The number of aromatic nitrogens is 2. The van der Waals surface area contributed by atoms with Crippen LogP contribution in [0.15, 0.2) is 64.4 Å². The molecule has 0 saturated heterocycles. The number of para-hydroxylation sites is 1. The smallest absolute Gasteiger partial charge is 0.337 e. The molecule has 0 aliphatic rings. The molecule has 6 heteroatoms. The molecule has 1 N–H and O–H groups in total. The fourth-order valence-corrected chi connectivity index (χ4v) is 2.41. The van der Waals surface area contributed by atoms with Gasteiger partial charge in [0.2, 0.25) is 0 Å². The van der Waals surface area contributed by atoms with Crippen molar-refractivity contribution in [3.05, 3.63) is 81.8 Å². The Morgan fingerprint density at radius 1 is 1.12 bits per heavy atom. The highest BCUT2D eigenvalue weighted by atomic mass is 16.5. The number of esters is 1. The van der Waals surface area contributed by atoms with Gasteiger partial charge in [-0.15, -0.1) is 0 Å². The molecule has 3 rings (SSSR count). The largest absolute Gasteiger partial charge is 0.465 e. The van der Waals surface area contributed by atoms with Crippen molar-refractivity contribution in [2.45, 2.75) is 6.92 Å². The van der Waals surface area contributed by atoms with E-state index in [-0.39, 0.29) is 5.56 Å². The van der Waals surface area contributed by atoms with Gasteiger partial charge in [-0.25, -0.2) is 9.48 Å². The number of carbonyl (C=O) groups excluding carboxylic acids is 1. The first-order chi connectivity index (χ1) is 12.1. The number of hydrogen-bond acceptors (Lipinski definition) is 4. The number of H-pyrrole nitrogens is 1. The van der Waals surface area contributed by atoms with Crippen molar-refractivity contribution in [1.82, 2.24) is 9.78 Å². The van der Waals surface area contributed by atoms with E-state index in [4.69, 9.17) is 0 Å². The molecule has 0 fully saturated rings. The van der Waals surface area contributed by atoms with Crippen LogP contribution in [0.25, 0.3) is 5.69 Å². The lowest BCUT2D eigenvalue weighted by molar-refractivity contribution is 0.0601. The normalized spacial score (nSPS) is 11.0. The SMILES string of the molecule is COC(=O)c1ccc(N=Cc2c(C)[nH]n(-c3ccccc3)c2=O)cc1. The Morgan fingerprint density at radius 3 is 2.44 bits per heavy atom. The molecular formula is C19H17N3O3. The van der Waals surface area contributed by atoms with E-state index in [9.17, 15) is 9.59 Å². The zero-order chi connectivity index (χ0) is 17.8. The maximum atomic E-state index is 12.6. The number of aryl methyl sites for hydroxylation is 1. The first-order valence-corrected chi connectivity index (χ1v) is 7.69. The van der Waals surface area contributed by atoms with Crippen molar-refractivity contribution < 1.29 is 9.53 Å². The monoisotopic (exact) mass is 335 g/mol. The fraction of sp³-hybridized carbons (Fsp3) is 0.105. The van der Waals surface area contributed by atoms with Crippen molar-refractivity contribution in [2.24, 2.45) is 4.99 Å². The van der Waals surface area contributed by atoms with Crippen molar-refractivity contribution >= 4 is 17.9 Å². The third-order valence-corrected chi connectivity index (χ3v) is 3.76. The minimum atomic E-state index is -0.400. The summed E-state index contributed by atoms with van der Waals surface area (Å²) in [5, 5.41) is 3.05. The summed E-state index contributed by atoms with van der Waals surface area (Å²) in [6, 6.07) is 16.0. The van der Waals surface area contributed by atoms with Gasteiger partial charge in [0.05, 0.1) is 29.6 Å². The van der Waals surface area contributed by atoms with Gasteiger partial charge in [0.25, 0.3) is 5.56 Å². The van der Waals surface area contributed by atoms with Crippen LogP contribution in [0, 0.1) is 6.92 Å². The third-order valence-electron chi connectivity index (χ3n) is 3.76. The van der Waals surface area contributed by atoms with Gasteiger partial charge in [-0.05, 0) is 43.3 Å². The zero-order valence-corrected chi connectivity index (χ0v) is 13.9. The van der Waals surface area contributed by atoms with Crippen LogP contribution in [0.4, 0.5) is 5.69 Å². The van der Waals surface area contributed by atoms with Crippen LogP contribution in [0.1, 0.15) is 21.6 Å². The van der Waals surface area contributed by atoms with Crippen LogP contribution in [-0.4, -0.2) is 29.1 Å². The summed E-state index contributed by atoms with van der Waals surface area (Å²) in [6.07, 6.45) is 1.53. The van der Waals surface area contributed by atoms with Gasteiger partial charge in [0, 0.05) is 11.9 Å². The Hall–Kier alpha value is -3.41. The average molecular weight is 335 g/mol. The number of methoxy groups -OCH3 is 1. The van der Waals surface area contributed by atoms with E-state index in [2.05, 4.69) is 14.8 Å². The number of carbonyl (C=O) groups is 1. The molecular weight excluding hydrogens is 318 g/mol. The molecule has 0 atom stereocenters. The molecule has 0 radical (unpaired) electrons. The second kappa shape index (κ2) is 7.00. The molecule has 0 spiro atoms. The number of aliphatic imine (C=N–C) groups is 1. The third kappa shape index (κ3) is 3.42. The van der Waals surface area contributed by atoms with Gasteiger partial charge in [0.1, 0.15) is 0 Å². The highest BCUT2D eigenvalue weighted by Gasteiger charge is 2.10. The molecule has 1 heterocycles. The van der Waals surface area contributed by atoms with Gasteiger partial charge < -0.3 is 4.74 Å². The standard InChI is InChI=1S/C19H17N3O3/c1-13-17(18(23)22(21-13)16-6-4-3-5-7-16)12-20-15-10-8-14(9-11-15)19(24)25-2/h3-12,21H,1-2H3. The first kappa shape index (κ1) is 16.4. The molecule has 2 aromatic carbocycles. The summed E-state index contributed by atoms with van der Waals surface area (Å²) in [4.78, 5) is 28.3. The van der Waals surface area contributed by atoms with Crippen LogP contribution in [0.3, 0.4) is 0 Å². The van der Waals surface area contributed by atoms with Gasteiger partial charge in [-0.1, -0.05) is 18.2 Å². The van der Waals surface area contributed by atoms with Crippen LogP contribution in [0.5, 0.6) is 0 Å². The predicted octanol–water partition coefficient (Wildman–Crippen LogP) is 3.01. The first-order valence-electron chi connectivity index (χ1n) is 7.69. The van der Waals surface area contributed by atoms with E-state index < -0.39 is 5.97 Å². The lowest BCUT2D eigenvalue weighted by atomic mass is 10.2. The number of hydrogen-bond donors (Lipinski definition) is 1. The highest BCUT2D eigenvalue weighted by Crippen LogP contribution is 2.14. The second-order valence-electron chi connectivity index (χ2n) is 5.42. The number of benzene rings is 2. The Labute approximate surface area is 144 Å². The van der Waals surface area contributed by atoms with E-state index in [1.165, 1.54) is 18.0 Å². The minimum Gasteiger partial charge on any atom is -0.465 e. The summed E-state index contributed by atoms with van der Waals surface area (Å²) >= 11 is 0. The molecule has 6 nitrogen and oxygen atoms in total. The zero-order valence-electron chi connectivity index (χ0n) is 13.9. The summed E-state index contributed by atoms with van der Waals surface area (Å²) in [5.74, 6) is -0.400. The summed E-state index contributed by atoms with van der Waals surface area (Å²) in [6.45, 7) is 1.82. The van der Waals surface area contributed by atoms with Crippen LogP contribution in [0.2, 0.25) is 0 Å². The Kier molecular flexibility index (Phi) is 4.61. The summed E-state index contributed by atoms with van der Waals surface area (Å²) < 4.78 is 6.14. The second-order valence-corrected chi connectivity index (χ2v) is 5.42. The molecule has 3 aromatic rings. The van der Waals surface area contributed by atoms with E-state index in [1.54, 1.807) is 24.3 Å². The number of nitrogens with one attached hydrogen (secondary N) is 1. The number of aromatic amines is 1.